The average Bonchev–Trinajstić information content (AvgIpc) is 2.20. The molecule has 3 nitrogen and oxygen atoms in total. The Morgan fingerprint density at radius 1 is 1.38 bits per heavy atom. The molecule has 0 radical (unpaired) electrons. The zero-order chi connectivity index (χ0) is 9.10. The largest absolute Gasteiger partial charge is 0.332 e. The molecule has 0 saturated heterocycles. The fourth-order valence-electron chi connectivity index (χ4n) is 1.28. The summed E-state index contributed by atoms with van der Waals surface area (Å²) < 4.78 is 0. The minimum absolute atomic E-state index is 0.187. The predicted molar refractivity (Wildman–Crippen MR) is 50.3 cm³/mol. The van der Waals surface area contributed by atoms with Gasteiger partial charge >= 0.3 is 0 Å². The van der Waals surface area contributed by atoms with Crippen LogP contribution in [0.5, 0.6) is 0 Å². The number of rotatable bonds is 1. The summed E-state index contributed by atoms with van der Waals surface area (Å²) in [6.45, 7) is 0.729. The van der Waals surface area contributed by atoms with E-state index in [0.717, 1.165) is 12.4 Å². The van der Waals surface area contributed by atoms with Crippen molar-refractivity contribution in [1.29, 1.82) is 0 Å². The molecule has 2 rings (SSSR count). The summed E-state index contributed by atoms with van der Waals surface area (Å²) in [5.41, 5.74) is 0. The molecule has 1 aliphatic heterocycles. The van der Waals surface area contributed by atoms with E-state index in [4.69, 9.17) is 0 Å². The van der Waals surface area contributed by atoms with Crippen molar-refractivity contribution >= 4 is 11.6 Å². The molecule has 1 aromatic heterocycles. The zero-order valence-electron chi connectivity index (χ0n) is 7.18. The lowest BCUT2D eigenvalue weighted by Gasteiger charge is -2.21. The summed E-state index contributed by atoms with van der Waals surface area (Å²) in [6.07, 6.45) is 5.71. The number of nitrogens with zero attached hydrogens (tertiary/aromatic N) is 2. The van der Waals surface area contributed by atoms with Gasteiger partial charge in [0.25, 0.3) is 0 Å². The van der Waals surface area contributed by atoms with E-state index in [-0.39, 0.29) is 5.78 Å². The third kappa shape index (κ3) is 1.75. The molecule has 0 N–H and O–H groups in total. The summed E-state index contributed by atoms with van der Waals surface area (Å²) in [7, 11) is 0. The quantitative estimate of drug-likeness (QED) is 0.644. The molecule has 3 heteroatoms. The SMILES string of the molecule is O=C1C=CN(c2ccccn2)CC1. The van der Waals surface area contributed by atoms with Crippen LogP contribution < -0.4 is 4.90 Å². The van der Waals surface area contributed by atoms with E-state index in [2.05, 4.69) is 4.98 Å². The number of carbonyl (C=O) groups is 1. The lowest BCUT2D eigenvalue weighted by Crippen LogP contribution is -2.24. The zero-order valence-corrected chi connectivity index (χ0v) is 7.18. The van der Waals surface area contributed by atoms with E-state index in [9.17, 15) is 4.79 Å². The predicted octanol–water partition coefficient (Wildman–Crippen LogP) is 1.37. The monoisotopic (exact) mass is 174 g/mol. The Labute approximate surface area is 76.7 Å². The highest BCUT2D eigenvalue weighted by Gasteiger charge is 2.10. The molecule has 0 bridgehead atoms. The van der Waals surface area contributed by atoms with Crippen molar-refractivity contribution in [3.63, 3.8) is 0 Å². The van der Waals surface area contributed by atoms with E-state index >= 15 is 0 Å². The number of allylic oxidation sites excluding steroid dienone is 1. The second kappa shape index (κ2) is 3.39. The third-order valence-corrected chi connectivity index (χ3v) is 1.98. The van der Waals surface area contributed by atoms with Crippen molar-refractivity contribution in [2.24, 2.45) is 0 Å². The summed E-state index contributed by atoms with van der Waals surface area (Å²) in [5, 5.41) is 0. The minimum atomic E-state index is 0.187. The maximum atomic E-state index is 10.9. The van der Waals surface area contributed by atoms with E-state index in [0.29, 0.717) is 6.42 Å². The van der Waals surface area contributed by atoms with Gasteiger partial charge < -0.3 is 4.90 Å². The number of ketones is 1. The lowest BCUT2D eigenvalue weighted by atomic mass is 10.2. The molecular formula is C10H10N2O. The van der Waals surface area contributed by atoms with Gasteiger partial charge in [0.1, 0.15) is 5.82 Å². The van der Waals surface area contributed by atoms with Gasteiger partial charge in [0.2, 0.25) is 0 Å². The van der Waals surface area contributed by atoms with Crippen molar-refractivity contribution in [3.05, 3.63) is 36.7 Å². The first kappa shape index (κ1) is 7.98. The fraction of sp³-hybridized carbons (Fsp3) is 0.200. The lowest BCUT2D eigenvalue weighted by molar-refractivity contribution is -0.114. The maximum absolute atomic E-state index is 10.9. The van der Waals surface area contributed by atoms with E-state index in [1.54, 1.807) is 18.5 Å². The Hall–Kier alpha value is -1.64. The minimum Gasteiger partial charge on any atom is -0.332 e. The molecule has 0 amide bonds. The number of hydrogen-bond acceptors (Lipinski definition) is 3. The molecule has 13 heavy (non-hydrogen) atoms. The molecule has 0 fully saturated rings. The number of carbonyl (C=O) groups excluding carboxylic acids is 1. The van der Waals surface area contributed by atoms with Crippen LogP contribution in [-0.2, 0) is 4.79 Å². The van der Waals surface area contributed by atoms with Gasteiger partial charge in [0, 0.05) is 25.4 Å². The van der Waals surface area contributed by atoms with Crippen LogP contribution in [0.25, 0.3) is 0 Å². The van der Waals surface area contributed by atoms with Crippen molar-refractivity contribution in [3.8, 4) is 0 Å². The van der Waals surface area contributed by atoms with Gasteiger partial charge in [-0.2, -0.15) is 0 Å². The number of hydrogen-bond donors (Lipinski definition) is 0. The highest BCUT2D eigenvalue weighted by atomic mass is 16.1. The molecule has 0 aromatic carbocycles. The summed E-state index contributed by atoms with van der Waals surface area (Å²) in [5.74, 6) is 1.08. The van der Waals surface area contributed by atoms with Crippen LogP contribution in [0, 0.1) is 0 Å². The van der Waals surface area contributed by atoms with Crippen LogP contribution in [0.15, 0.2) is 36.7 Å². The molecule has 66 valence electrons. The standard InChI is InChI=1S/C10H10N2O/c13-9-4-7-12(8-5-9)10-3-1-2-6-11-10/h1-4,6-7H,5,8H2. The van der Waals surface area contributed by atoms with Crippen LogP contribution in [0.2, 0.25) is 0 Å². The van der Waals surface area contributed by atoms with Crippen molar-refractivity contribution in [1.82, 2.24) is 4.98 Å². The first-order valence-electron chi connectivity index (χ1n) is 4.25. The Bertz CT molecular complexity index is 332. The second-order valence-electron chi connectivity index (χ2n) is 2.91. The van der Waals surface area contributed by atoms with Gasteiger partial charge in [0.15, 0.2) is 5.78 Å². The van der Waals surface area contributed by atoms with E-state index in [1.165, 1.54) is 0 Å². The summed E-state index contributed by atoms with van der Waals surface area (Å²) >= 11 is 0. The molecular weight excluding hydrogens is 164 g/mol. The fourth-order valence-corrected chi connectivity index (χ4v) is 1.28. The van der Waals surface area contributed by atoms with Crippen LogP contribution in [0.1, 0.15) is 6.42 Å². The van der Waals surface area contributed by atoms with Crippen molar-refractivity contribution in [2.45, 2.75) is 6.42 Å². The van der Waals surface area contributed by atoms with Gasteiger partial charge in [-0.1, -0.05) is 6.07 Å². The summed E-state index contributed by atoms with van der Waals surface area (Å²) in [6, 6.07) is 5.75. The molecule has 2 heterocycles. The van der Waals surface area contributed by atoms with Crippen molar-refractivity contribution in [2.75, 3.05) is 11.4 Å². The first-order chi connectivity index (χ1) is 6.36. The topological polar surface area (TPSA) is 33.2 Å². The third-order valence-electron chi connectivity index (χ3n) is 1.98. The highest BCUT2D eigenvalue weighted by Crippen LogP contribution is 2.13. The van der Waals surface area contributed by atoms with Crippen molar-refractivity contribution < 1.29 is 4.79 Å². The normalized spacial score (nSPS) is 16.3. The number of pyridine rings is 1. The number of aromatic nitrogens is 1. The first-order valence-corrected chi connectivity index (χ1v) is 4.25. The van der Waals surface area contributed by atoms with Gasteiger partial charge in [-0.3, -0.25) is 4.79 Å². The summed E-state index contributed by atoms with van der Waals surface area (Å²) in [4.78, 5) is 17.1. The molecule has 0 atom stereocenters. The second-order valence-corrected chi connectivity index (χ2v) is 2.91. The Morgan fingerprint density at radius 3 is 2.92 bits per heavy atom. The molecule has 1 aromatic rings. The van der Waals surface area contributed by atoms with Crippen LogP contribution >= 0.6 is 0 Å². The number of anilines is 1. The average molecular weight is 174 g/mol. The van der Waals surface area contributed by atoms with Gasteiger partial charge in [0.05, 0.1) is 0 Å². The van der Waals surface area contributed by atoms with Gasteiger partial charge in [-0.05, 0) is 18.2 Å². The van der Waals surface area contributed by atoms with Crippen LogP contribution in [0.4, 0.5) is 5.82 Å². The molecule has 0 spiro atoms. The molecule has 0 saturated carbocycles. The van der Waals surface area contributed by atoms with Gasteiger partial charge in [-0.25, -0.2) is 4.98 Å². The maximum Gasteiger partial charge on any atom is 0.158 e. The smallest absolute Gasteiger partial charge is 0.158 e. The molecule has 1 aliphatic rings. The Morgan fingerprint density at radius 2 is 2.31 bits per heavy atom. The highest BCUT2D eigenvalue weighted by molar-refractivity contribution is 5.91. The molecule has 0 aliphatic carbocycles. The van der Waals surface area contributed by atoms with Gasteiger partial charge in [-0.15, -0.1) is 0 Å². The Balaban J connectivity index is 2.20. The Kier molecular flexibility index (Phi) is 2.08. The molecule has 0 unspecified atom stereocenters. The van der Waals surface area contributed by atoms with Crippen LogP contribution in [-0.4, -0.2) is 17.3 Å². The van der Waals surface area contributed by atoms with E-state index < -0.39 is 0 Å². The van der Waals surface area contributed by atoms with Crippen LogP contribution in [0.3, 0.4) is 0 Å². The van der Waals surface area contributed by atoms with E-state index in [1.807, 2.05) is 23.1 Å².